The molecule has 0 aliphatic carbocycles. The van der Waals surface area contributed by atoms with Crippen LogP contribution < -0.4 is 15.8 Å². The Kier molecular flexibility index (Phi) is 2.07. The molecule has 1 aliphatic rings. The number of carbonyl (C=O) groups is 1. The third-order valence-corrected chi connectivity index (χ3v) is 2.28. The second kappa shape index (κ2) is 3.15. The molecule has 0 radical (unpaired) electrons. The molecule has 4 nitrogen and oxygen atoms in total. The molecule has 15 heavy (non-hydrogen) atoms. The van der Waals surface area contributed by atoms with Gasteiger partial charge < -0.3 is 15.8 Å². The molecule has 1 heterocycles. The van der Waals surface area contributed by atoms with Crippen LogP contribution >= 0.6 is 0 Å². The first-order valence-corrected chi connectivity index (χ1v) is 4.85. The van der Waals surface area contributed by atoms with Gasteiger partial charge in [-0.25, -0.2) is 0 Å². The van der Waals surface area contributed by atoms with Gasteiger partial charge in [0.2, 0.25) is 5.91 Å². The number of amides is 1. The van der Waals surface area contributed by atoms with E-state index in [0.29, 0.717) is 23.5 Å². The molecule has 0 aromatic heterocycles. The van der Waals surface area contributed by atoms with E-state index < -0.39 is 5.60 Å². The van der Waals surface area contributed by atoms with E-state index in [-0.39, 0.29) is 5.91 Å². The lowest BCUT2D eigenvalue weighted by molar-refractivity contribution is -0.118. The van der Waals surface area contributed by atoms with Crippen molar-refractivity contribution in [1.29, 1.82) is 0 Å². The predicted octanol–water partition coefficient (Wildman–Crippen LogP) is 1.77. The molecule has 0 unspecified atom stereocenters. The summed E-state index contributed by atoms with van der Waals surface area (Å²) in [4.78, 5) is 11.5. The second-order valence-electron chi connectivity index (χ2n) is 4.31. The molecule has 0 bridgehead atoms. The highest BCUT2D eigenvalue weighted by molar-refractivity contribution is 5.95. The van der Waals surface area contributed by atoms with Crippen molar-refractivity contribution in [3.05, 3.63) is 18.2 Å². The smallest absolute Gasteiger partial charge is 0.228 e. The van der Waals surface area contributed by atoms with Crippen molar-refractivity contribution in [3.8, 4) is 5.75 Å². The standard InChI is InChI=1S/C11H14N2O2/c1-11(2)6-9(14)13-8-5-3-4-7(12)10(8)15-11/h3-5H,6,12H2,1-2H3,(H,13,14). The molecule has 0 fully saturated rings. The molecule has 1 aromatic carbocycles. The zero-order valence-electron chi connectivity index (χ0n) is 8.83. The van der Waals surface area contributed by atoms with E-state index in [0.717, 1.165) is 0 Å². The lowest BCUT2D eigenvalue weighted by Crippen LogP contribution is -2.31. The molecular weight excluding hydrogens is 192 g/mol. The number of nitrogens with one attached hydrogen (secondary N) is 1. The van der Waals surface area contributed by atoms with Gasteiger partial charge in [-0.2, -0.15) is 0 Å². The quantitative estimate of drug-likeness (QED) is 0.636. The van der Waals surface area contributed by atoms with Gasteiger partial charge >= 0.3 is 0 Å². The highest BCUT2D eigenvalue weighted by Crippen LogP contribution is 2.37. The fourth-order valence-corrected chi connectivity index (χ4v) is 1.66. The van der Waals surface area contributed by atoms with Crippen LogP contribution in [0.1, 0.15) is 20.3 Å². The summed E-state index contributed by atoms with van der Waals surface area (Å²) in [6.07, 6.45) is 0.321. The monoisotopic (exact) mass is 206 g/mol. The Labute approximate surface area is 88.4 Å². The Morgan fingerprint density at radius 1 is 1.47 bits per heavy atom. The number of benzene rings is 1. The summed E-state index contributed by atoms with van der Waals surface area (Å²) in [5.41, 5.74) is 6.47. The zero-order chi connectivity index (χ0) is 11.1. The van der Waals surface area contributed by atoms with Gasteiger partial charge in [0.1, 0.15) is 5.60 Å². The summed E-state index contributed by atoms with van der Waals surface area (Å²) in [5, 5.41) is 2.77. The number of fused-ring (bicyclic) bond motifs is 1. The van der Waals surface area contributed by atoms with Crippen molar-refractivity contribution >= 4 is 17.3 Å². The third-order valence-electron chi connectivity index (χ3n) is 2.28. The van der Waals surface area contributed by atoms with Gasteiger partial charge in [0.05, 0.1) is 17.8 Å². The van der Waals surface area contributed by atoms with Crippen molar-refractivity contribution in [2.24, 2.45) is 0 Å². The number of ether oxygens (including phenoxy) is 1. The molecule has 1 amide bonds. The van der Waals surface area contributed by atoms with Crippen LogP contribution in [0.2, 0.25) is 0 Å². The Hall–Kier alpha value is -1.71. The predicted molar refractivity (Wildman–Crippen MR) is 58.8 cm³/mol. The molecule has 3 N–H and O–H groups in total. The second-order valence-corrected chi connectivity index (χ2v) is 4.31. The Morgan fingerprint density at radius 3 is 2.93 bits per heavy atom. The van der Waals surface area contributed by atoms with Crippen LogP contribution in [-0.2, 0) is 4.79 Å². The maximum Gasteiger partial charge on any atom is 0.228 e. The molecule has 0 atom stereocenters. The number of carbonyl (C=O) groups excluding carboxylic acids is 1. The first-order chi connectivity index (χ1) is 6.98. The van der Waals surface area contributed by atoms with E-state index in [2.05, 4.69) is 5.32 Å². The summed E-state index contributed by atoms with van der Waals surface area (Å²) in [6.45, 7) is 3.74. The number of hydrogen-bond donors (Lipinski definition) is 2. The van der Waals surface area contributed by atoms with Gasteiger partial charge in [-0.3, -0.25) is 4.79 Å². The molecule has 1 aliphatic heterocycles. The maximum atomic E-state index is 11.5. The van der Waals surface area contributed by atoms with Gasteiger partial charge in [0.15, 0.2) is 5.75 Å². The van der Waals surface area contributed by atoms with Crippen LogP contribution in [0.4, 0.5) is 11.4 Å². The molecule has 4 heteroatoms. The summed E-state index contributed by atoms with van der Waals surface area (Å²) in [7, 11) is 0. The van der Waals surface area contributed by atoms with Crippen LogP contribution in [0.15, 0.2) is 18.2 Å². The molecular formula is C11H14N2O2. The van der Waals surface area contributed by atoms with Crippen molar-refractivity contribution in [2.75, 3.05) is 11.1 Å². The first kappa shape index (κ1) is 9.83. The highest BCUT2D eigenvalue weighted by atomic mass is 16.5. The lowest BCUT2D eigenvalue weighted by Gasteiger charge is -2.23. The van der Waals surface area contributed by atoms with E-state index in [1.807, 2.05) is 13.8 Å². The van der Waals surface area contributed by atoms with Crippen molar-refractivity contribution in [3.63, 3.8) is 0 Å². The normalized spacial score (nSPS) is 18.4. The van der Waals surface area contributed by atoms with Crippen LogP contribution in [0.25, 0.3) is 0 Å². The molecule has 0 saturated carbocycles. The minimum absolute atomic E-state index is 0.0515. The average Bonchev–Trinajstić information content (AvgIpc) is 2.20. The molecule has 1 aromatic rings. The number of nitrogens with two attached hydrogens (primary N) is 1. The van der Waals surface area contributed by atoms with Crippen LogP contribution in [0, 0.1) is 0 Å². The van der Waals surface area contributed by atoms with Crippen molar-refractivity contribution < 1.29 is 9.53 Å². The highest BCUT2D eigenvalue weighted by Gasteiger charge is 2.29. The zero-order valence-corrected chi connectivity index (χ0v) is 8.83. The molecule has 0 saturated heterocycles. The lowest BCUT2D eigenvalue weighted by atomic mass is 10.1. The molecule has 2 rings (SSSR count). The van der Waals surface area contributed by atoms with Crippen LogP contribution in [-0.4, -0.2) is 11.5 Å². The van der Waals surface area contributed by atoms with E-state index in [4.69, 9.17) is 10.5 Å². The SMILES string of the molecule is CC1(C)CC(=O)Nc2cccc(N)c2O1. The fraction of sp³-hybridized carbons (Fsp3) is 0.364. The topological polar surface area (TPSA) is 64.4 Å². The summed E-state index contributed by atoms with van der Waals surface area (Å²) in [5.74, 6) is 0.512. The molecule has 80 valence electrons. The van der Waals surface area contributed by atoms with Gasteiger partial charge in [-0.1, -0.05) is 6.07 Å². The van der Waals surface area contributed by atoms with Crippen molar-refractivity contribution in [2.45, 2.75) is 25.9 Å². The van der Waals surface area contributed by atoms with Gasteiger partial charge in [0.25, 0.3) is 0 Å². The average molecular weight is 206 g/mol. The Bertz CT molecular complexity index is 413. The largest absolute Gasteiger partial charge is 0.483 e. The third kappa shape index (κ3) is 1.88. The minimum Gasteiger partial charge on any atom is -0.483 e. The fourth-order valence-electron chi connectivity index (χ4n) is 1.66. The number of hydrogen-bond acceptors (Lipinski definition) is 3. The Morgan fingerprint density at radius 2 is 2.20 bits per heavy atom. The number of anilines is 2. The number of rotatable bonds is 0. The van der Waals surface area contributed by atoms with E-state index in [1.54, 1.807) is 18.2 Å². The van der Waals surface area contributed by atoms with E-state index in [1.165, 1.54) is 0 Å². The van der Waals surface area contributed by atoms with Crippen LogP contribution in [0.5, 0.6) is 5.75 Å². The Balaban J connectivity index is 2.50. The van der Waals surface area contributed by atoms with E-state index in [9.17, 15) is 4.79 Å². The number of nitrogen functional groups attached to an aromatic ring is 1. The summed E-state index contributed by atoms with van der Waals surface area (Å²) < 4.78 is 5.74. The minimum atomic E-state index is -0.523. The first-order valence-electron chi connectivity index (χ1n) is 4.85. The molecule has 0 spiro atoms. The summed E-state index contributed by atoms with van der Waals surface area (Å²) in [6, 6.07) is 5.33. The number of para-hydroxylation sites is 1. The van der Waals surface area contributed by atoms with Crippen LogP contribution in [0.3, 0.4) is 0 Å². The summed E-state index contributed by atoms with van der Waals surface area (Å²) >= 11 is 0. The van der Waals surface area contributed by atoms with Gasteiger partial charge in [-0.15, -0.1) is 0 Å². The van der Waals surface area contributed by atoms with Gasteiger partial charge in [0, 0.05) is 0 Å². The van der Waals surface area contributed by atoms with Crippen molar-refractivity contribution in [1.82, 2.24) is 0 Å². The maximum absolute atomic E-state index is 11.5. The van der Waals surface area contributed by atoms with Gasteiger partial charge in [-0.05, 0) is 26.0 Å². The van der Waals surface area contributed by atoms with E-state index >= 15 is 0 Å².